The highest BCUT2D eigenvalue weighted by Gasteiger charge is 2.23. The van der Waals surface area contributed by atoms with E-state index in [0.717, 1.165) is 16.7 Å². The minimum atomic E-state index is -1.12. The normalized spacial score (nSPS) is 10.7. The molecule has 0 aliphatic carbocycles. The first-order valence-corrected chi connectivity index (χ1v) is 5.81. The van der Waals surface area contributed by atoms with Crippen molar-refractivity contribution in [2.24, 2.45) is 14.1 Å². The van der Waals surface area contributed by atoms with Crippen molar-refractivity contribution in [3.05, 3.63) is 61.8 Å². The van der Waals surface area contributed by atoms with Crippen molar-refractivity contribution in [1.82, 2.24) is 9.13 Å². The molecule has 0 atom stereocenters. The van der Waals surface area contributed by atoms with Crippen LogP contribution in [0.25, 0.3) is 0 Å². The summed E-state index contributed by atoms with van der Waals surface area (Å²) in [7, 11) is 2.44. The smallest absolute Gasteiger partial charge is 0.332 e. The van der Waals surface area contributed by atoms with Gasteiger partial charge in [-0.25, -0.2) is 13.6 Å². The van der Waals surface area contributed by atoms with Gasteiger partial charge in [0.1, 0.15) is 23.0 Å². The molecule has 0 saturated heterocycles. The molecular weight excluding hydrogens is 284 g/mol. The molecule has 0 spiro atoms. The van der Waals surface area contributed by atoms with Crippen LogP contribution in [0.5, 0.6) is 0 Å². The second-order valence-electron chi connectivity index (χ2n) is 4.42. The number of anilines is 1. The van der Waals surface area contributed by atoms with Gasteiger partial charge in [0.15, 0.2) is 0 Å². The van der Waals surface area contributed by atoms with Crippen LogP contribution < -0.4 is 17.0 Å². The van der Waals surface area contributed by atoms with E-state index >= 15 is 0 Å². The Morgan fingerprint density at radius 2 is 1.76 bits per heavy atom. The van der Waals surface area contributed by atoms with Crippen LogP contribution >= 0.6 is 0 Å². The number of carbonyl (C=O) groups excluding carboxylic acids is 1. The first-order chi connectivity index (χ1) is 9.75. The maximum atomic E-state index is 13.7. The van der Waals surface area contributed by atoms with Gasteiger partial charge in [0, 0.05) is 20.2 Å². The summed E-state index contributed by atoms with van der Waals surface area (Å²) in [4.78, 5) is 35.9. The number of hydrogen-bond acceptors (Lipinski definition) is 4. The molecule has 0 saturated carbocycles. The van der Waals surface area contributed by atoms with E-state index in [1.54, 1.807) is 0 Å². The van der Waals surface area contributed by atoms with Crippen molar-refractivity contribution < 1.29 is 13.6 Å². The van der Waals surface area contributed by atoms with Gasteiger partial charge in [0.2, 0.25) is 5.78 Å². The second kappa shape index (κ2) is 4.97. The lowest BCUT2D eigenvalue weighted by Gasteiger charge is -2.11. The van der Waals surface area contributed by atoms with Gasteiger partial charge in [-0.15, -0.1) is 0 Å². The van der Waals surface area contributed by atoms with Crippen molar-refractivity contribution >= 4 is 11.6 Å². The van der Waals surface area contributed by atoms with Gasteiger partial charge in [-0.3, -0.25) is 18.7 Å². The predicted octanol–water partition coefficient (Wildman–Crippen LogP) is 0.175. The molecule has 1 aromatic heterocycles. The molecule has 0 unspecified atom stereocenters. The molecule has 2 rings (SSSR count). The Labute approximate surface area is 117 Å². The number of rotatable bonds is 2. The maximum absolute atomic E-state index is 13.7. The number of carbonyl (C=O) groups is 1. The zero-order valence-electron chi connectivity index (χ0n) is 11.2. The van der Waals surface area contributed by atoms with Gasteiger partial charge in [-0.2, -0.15) is 0 Å². The molecule has 6 nitrogen and oxygen atoms in total. The van der Waals surface area contributed by atoms with Crippen LogP contribution in [-0.2, 0) is 14.1 Å². The minimum Gasteiger partial charge on any atom is -0.384 e. The van der Waals surface area contributed by atoms with Crippen LogP contribution in [0.1, 0.15) is 15.9 Å². The van der Waals surface area contributed by atoms with Crippen molar-refractivity contribution in [2.45, 2.75) is 0 Å². The van der Waals surface area contributed by atoms with Crippen LogP contribution in [0.3, 0.4) is 0 Å². The molecule has 110 valence electrons. The van der Waals surface area contributed by atoms with Crippen LogP contribution in [0.2, 0.25) is 0 Å². The number of ketones is 1. The molecule has 0 aliphatic heterocycles. The molecular formula is C13H11F2N3O3. The van der Waals surface area contributed by atoms with Crippen molar-refractivity contribution in [1.29, 1.82) is 0 Å². The molecule has 2 aromatic rings. The van der Waals surface area contributed by atoms with E-state index in [4.69, 9.17) is 5.73 Å². The summed E-state index contributed by atoms with van der Waals surface area (Å²) in [5.41, 5.74) is 2.91. The Hall–Kier alpha value is -2.77. The third kappa shape index (κ3) is 2.24. The van der Waals surface area contributed by atoms with Gasteiger partial charge >= 0.3 is 5.69 Å². The maximum Gasteiger partial charge on any atom is 0.332 e. The molecule has 0 amide bonds. The third-order valence-corrected chi connectivity index (χ3v) is 3.11. The fourth-order valence-electron chi connectivity index (χ4n) is 1.88. The summed E-state index contributed by atoms with van der Waals surface area (Å²) in [6, 6.07) is 2.33. The zero-order valence-corrected chi connectivity index (χ0v) is 11.2. The molecule has 2 N–H and O–H groups in total. The number of nitrogens with two attached hydrogens (primary N) is 1. The van der Waals surface area contributed by atoms with E-state index in [2.05, 4.69) is 0 Å². The van der Waals surface area contributed by atoms with Gasteiger partial charge in [0.05, 0.1) is 5.56 Å². The van der Waals surface area contributed by atoms with Crippen molar-refractivity contribution in [3.63, 3.8) is 0 Å². The second-order valence-corrected chi connectivity index (χ2v) is 4.42. The Morgan fingerprint density at radius 1 is 1.14 bits per heavy atom. The third-order valence-electron chi connectivity index (χ3n) is 3.11. The van der Waals surface area contributed by atoms with Gasteiger partial charge < -0.3 is 5.73 Å². The first kappa shape index (κ1) is 14.6. The summed E-state index contributed by atoms with van der Waals surface area (Å²) < 4.78 is 28.1. The SMILES string of the molecule is Cn1c(N)c(C(=O)c2ccc(F)cc2F)c(=O)n(C)c1=O. The summed E-state index contributed by atoms with van der Waals surface area (Å²) in [6.07, 6.45) is 0. The monoisotopic (exact) mass is 295 g/mol. The highest BCUT2D eigenvalue weighted by Crippen LogP contribution is 2.15. The predicted molar refractivity (Wildman–Crippen MR) is 71.1 cm³/mol. The highest BCUT2D eigenvalue weighted by atomic mass is 19.1. The number of benzene rings is 1. The summed E-state index contributed by atoms with van der Waals surface area (Å²) in [5.74, 6) is -3.36. The van der Waals surface area contributed by atoms with E-state index < -0.39 is 39.8 Å². The van der Waals surface area contributed by atoms with Gasteiger partial charge in [-0.1, -0.05) is 0 Å². The molecule has 0 radical (unpaired) electrons. The Balaban J connectivity index is 2.76. The molecule has 8 heteroatoms. The van der Waals surface area contributed by atoms with E-state index in [-0.39, 0.29) is 5.82 Å². The zero-order chi connectivity index (χ0) is 15.9. The first-order valence-electron chi connectivity index (χ1n) is 5.81. The van der Waals surface area contributed by atoms with Gasteiger partial charge in [0.25, 0.3) is 5.56 Å². The summed E-state index contributed by atoms with van der Waals surface area (Å²) in [5, 5.41) is 0. The Kier molecular flexibility index (Phi) is 3.46. The lowest BCUT2D eigenvalue weighted by atomic mass is 10.0. The van der Waals surface area contributed by atoms with Gasteiger partial charge in [-0.05, 0) is 12.1 Å². The molecule has 1 aromatic carbocycles. The Morgan fingerprint density at radius 3 is 2.33 bits per heavy atom. The number of aromatic nitrogens is 2. The number of halogens is 2. The summed E-state index contributed by atoms with van der Waals surface area (Å²) >= 11 is 0. The van der Waals surface area contributed by atoms with Crippen molar-refractivity contribution in [2.75, 3.05) is 5.73 Å². The average Bonchev–Trinajstić information content (AvgIpc) is 2.43. The minimum absolute atomic E-state index is 0.378. The number of nitrogen functional groups attached to an aromatic ring is 1. The van der Waals surface area contributed by atoms with E-state index in [0.29, 0.717) is 10.6 Å². The molecule has 0 bridgehead atoms. The van der Waals surface area contributed by atoms with Crippen LogP contribution in [0.4, 0.5) is 14.6 Å². The summed E-state index contributed by atoms with van der Waals surface area (Å²) in [6.45, 7) is 0. The van der Waals surface area contributed by atoms with Crippen LogP contribution in [0, 0.1) is 11.6 Å². The fraction of sp³-hybridized carbons (Fsp3) is 0.154. The molecule has 21 heavy (non-hydrogen) atoms. The molecule has 1 heterocycles. The lowest BCUT2D eigenvalue weighted by Crippen LogP contribution is -2.41. The average molecular weight is 295 g/mol. The topological polar surface area (TPSA) is 87.1 Å². The Bertz CT molecular complexity index is 868. The molecule has 0 aliphatic rings. The standard InChI is InChI=1S/C13H11F2N3O3/c1-17-11(16)9(12(20)18(2)13(17)21)10(19)7-4-3-6(14)5-8(7)15/h3-5H,16H2,1-2H3. The number of nitrogens with zero attached hydrogens (tertiary/aromatic N) is 2. The fourth-order valence-corrected chi connectivity index (χ4v) is 1.88. The lowest BCUT2D eigenvalue weighted by molar-refractivity contribution is 0.103. The van der Waals surface area contributed by atoms with E-state index in [1.807, 2.05) is 0 Å². The van der Waals surface area contributed by atoms with Crippen LogP contribution in [0.15, 0.2) is 27.8 Å². The van der Waals surface area contributed by atoms with E-state index in [9.17, 15) is 23.2 Å². The largest absolute Gasteiger partial charge is 0.384 e. The quantitative estimate of drug-likeness (QED) is 0.800. The molecule has 0 fully saturated rings. The van der Waals surface area contributed by atoms with E-state index in [1.165, 1.54) is 14.1 Å². The van der Waals surface area contributed by atoms with Crippen LogP contribution in [-0.4, -0.2) is 14.9 Å². The number of hydrogen-bond donors (Lipinski definition) is 1. The van der Waals surface area contributed by atoms with Crippen molar-refractivity contribution in [3.8, 4) is 0 Å². The highest BCUT2D eigenvalue weighted by molar-refractivity contribution is 6.11.